The number of aryl methyl sites for hydroxylation is 1. The third-order valence-electron chi connectivity index (χ3n) is 9.69. The lowest BCUT2D eigenvalue weighted by molar-refractivity contribution is -0.132. The van der Waals surface area contributed by atoms with Crippen LogP contribution in [0.3, 0.4) is 0 Å². The number of ether oxygens (including phenoxy) is 1. The van der Waals surface area contributed by atoms with Gasteiger partial charge in [-0.15, -0.1) is 0 Å². The quantitative estimate of drug-likeness (QED) is 0.235. The summed E-state index contributed by atoms with van der Waals surface area (Å²) < 4.78 is 21.9. The van der Waals surface area contributed by atoms with E-state index in [1.807, 2.05) is 66.9 Å². The van der Waals surface area contributed by atoms with E-state index in [4.69, 9.17) is 4.74 Å². The van der Waals surface area contributed by atoms with Crippen molar-refractivity contribution in [2.45, 2.75) is 77.5 Å². The SMILES string of the molecule is CN(C(=O)c1cc2c(-c3ccc(N4CCN(C(=O)OC(C)(C)C)CC4)cc3)ccc(F)c2[nH]1)C1CC1.O=C(CCn1cccn1)N1CCCCC1. The fourth-order valence-electron chi connectivity index (χ4n) is 6.64. The highest BCUT2D eigenvalue weighted by Crippen LogP contribution is 2.34. The van der Waals surface area contributed by atoms with Gasteiger partial charge in [0.05, 0.1) is 5.52 Å². The fraction of sp³-hybridized carbons (Fsp3) is 0.487. The van der Waals surface area contributed by atoms with Crippen LogP contribution >= 0.6 is 0 Å². The number of anilines is 1. The van der Waals surface area contributed by atoms with Crippen molar-refractivity contribution in [3.05, 3.63) is 72.4 Å². The number of halogens is 1. The topological polar surface area (TPSA) is 107 Å². The number of rotatable bonds is 7. The zero-order chi connectivity index (χ0) is 36.1. The number of piperazine rings is 1. The molecular formula is C39H50FN7O4. The molecule has 2 aromatic carbocycles. The number of nitrogens with zero attached hydrogens (tertiary/aromatic N) is 6. The molecule has 0 bridgehead atoms. The Balaban J connectivity index is 0.000000249. The number of likely N-dealkylation sites (tertiary alicyclic amines) is 1. The van der Waals surface area contributed by atoms with E-state index in [1.54, 1.807) is 35.2 Å². The molecule has 2 aromatic heterocycles. The average Bonchev–Trinajstić information content (AvgIpc) is 3.65. The van der Waals surface area contributed by atoms with E-state index in [2.05, 4.69) is 15.0 Å². The van der Waals surface area contributed by atoms with E-state index in [0.717, 1.165) is 68.7 Å². The zero-order valence-electron chi connectivity index (χ0n) is 30.2. The van der Waals surface area contributed by atoms with Gasteiger partial charge >= 0.3 is 6.09 Å². The first-order valence-electron chi connectivity index (χ1n) is 18.1. The van der Waals surface area contributed by atoms with E-state index in [0.29, 0.717) is 42.7 Å². The summed E-state index contributed by atoms with van der Waals surface area (Å²) >= 11 is 0. The molecule has 3 fully saturated rings. The Hall–Kier alpha value is -4.87. The molecule has 2 saturated heterocycles. The van der Waals surface area contributed by atoms with Crippen molar-refractivity contribution in [3.8, 4) is 11.1 Å². The summed E-state index contributed by atoms with van der Waals surface area (Å²) in [5, 5.41) is 4.77. The largest absolute Gasteiger partial charge is 0.444 e. The van der Waals surface area contributed by atoms with Crippen LogP contribution in [0.25, 0.3) is 22.0 Å². The van der Waals surface area contributed by atoms with Crippen molar-refractivity contribution in [2.75, 3.05) is 51.2 Å². The van der Waals surface area contributed by atoms with Crippen molar-refractivity contribution in [1.29, 1.82) is 0 Å². The summed E-state index contributed by atoms with van der Waals surface area (Å²) in [6, 6.07) is 15.3. The molecule has 7 rings (SSSR count). The van der Waals surface area contributed by atoms with Gasteiger partial charge in [-0.1, -0.05) is 18.2 Å². The van der Waals surface area contributed by atoms with Crippen molar-refractivity contribution >= 4 is 34.5 Å². The van der Waals surface area contributed by atoms with Crippen LogP contribution in [0.1, 0.15) is 69.8 Å². The Morgan fingerprint density at radius 2 is 1.65 bits per heavy atom. The number of carbonyl (C=O) groups is 3. The first-order chi connectivity index (χ1) is 24.5. The molecule has 12 heteroatoms. The third kappa shape index (κ3) is 9.08. The lowest BCUT2D eigenvalue weighted by atomic mass is 10.0. The number of aromatic amines is 1. The Labute approximate surface area is 299 Å². The normalized spacial score (nSPS) is 16.5. The zero-order valence-corrected chi connectivity index (χ0v) is 30.2. The van der Waals surface area contributed by atoms with Gasteiger partial charge in [-0.05, 0) is 94.3 Å². The molecule has 0 unspecified atom stereocenters. The van der Waals surface area contributed by atoms with Crippen LogP contribution in [-0.4, -0.2) is 105 Å². The number of fused-ring (bicyclic) bond motifs is 1. The molecule has 3 amide bonds. The number of aromatic nitrogens is 3. The van der Waals surface area contributed by atoms with Crippen molar-refractivity contribution in [1.82, 2.24) is 29.5 Å². The van der Waals surface area contributed by atoms with E-state index >= 15 is 0 Å². The van der Waals surface area contributed by atoms with Crippen LogP contribution < -0.4 is 4.90 Å². The summed E-state index contributed by atoms with van der Waals surface area (Å²) in [5.74, 6) is -0.216. The predicted octanol–water partition coefficient (Wildman–Crippen LogP) is 6.55. The summed E-state index contributed by atoms with van der Waals surface area (Å²) in [7, 11) is 1.80. The van der Waals surface area contributed by atoms with Gasteiger partial charge in [0.2, 0.25) is 5.91 Å². The third-order valence-corrected chi connectivity index (χ3v) is 9.69. The van der Waals surface area contributed by atoms with Crippen molar-refractivity contribution < 1.29 is 23.5 Å². The molecule has 4 aromatic rings. The lowest BCUT2D eigenvalue weighted by Gasteiger charge is -2.36. The number of piperidine rings is 1. The smallest absolute Gasteiger partial charge is 0.410 e. The van der Waals surface area contributed by atoms with E-state index in [1.165, 1.54) is 12.5 Å². The second-order valence-electron chi connectivity index (χ2n) is 14.7. The first-order valence-corrected chi connectivity index (χ1v) is 18.1. The Bertz CT molecular complexity index is 1800. The fourth-order valence-corrected chi connectivity index (χ4v) is 6.64. The predicted molar refractivity (Wildman–Crippen MR) is 196 cm³/mol. The van der Waals surface area contributed by atoms with Crippen LogP contribution in [0, 0.1) is 5.82 Å². The molecule has 2 aliphatic heterocycles. The molecule has 1 N–H and O–H groups in total. The van der Waals surface area contributed by atoms with Crippen molar-refractivity contribution in [3.63, 3.8) is 0 Å². The minimum atomic E-state index is -0.503. The second-order valence-corrected chi connectivity index (χ2v) is 14.7. The molecule has 272 valence electrons. The van der Waals surface area contributed by atoms with E-state index < -0.39 is 5.60 Å². The number of H-pyrrole nitrogens is 1. The molecule has 3 aliphatic rings. The number of amides is 3. The van der Waals surface area contributed by atoms with Gasteiger partial charge in [0.25, 0.3) is 5.91 Å². The molecule has 0 radical (unpaired) electrons. The van der Waals surface area contributed by atoms with Gasteiger partial charge in [0, 0.05) is 88.8 Å². The minimum Gasteiger partial charge on any atom is -0.444 e. The monoisotopic (exact) mass is 699 g/mol. The van der Waals surface area contributed by atoms with Crippen molar-refractivity contribution in [2.24, 2.45) is 0 Å². The van der Waals surface area contributed by atoms with Gasteiger partial charge < -0.3 is 29.3 Å². The number of nitrogens with one attached hydrogen (secondary N) is 1. The standard InChI is InChI=1S/C28H33FN4O3.C11H17N3O/c1-28(2,3)36-27(35)33-15-13-32(14-16-33)20-7-5-18(6-8-20)21-11-12-23(29)25-22(21)17-24(30-25)26(34)31(4)19-9-10-19;15-11(13-7-2-1-3-8-13)5-10-14-9-4-6-12-14/h5-8,11-12,17,19,30H,9-10,13-16H2,1-4H3;4,6,9H,1-3,5,7-8,10H2. The minimum absolute atomic E-state index is 0.111. The maximum atomic E-state index is 14.6. The molecule has 1 aliphatic carbocycles. The lowest BCUT2D eigenvalue weighted by Crippen LogP contribution is -2.50. The number of hydrogen-bond acceptors (Lipinski definition) is 6. The Morgan fingerprint density at radius 3 is 2.27 bits per heavy atom. The number of benzene rings is 2. The highest BCUT2D eigenvalue weighted by molar-refractivity contribution is 6.03. The number of carbonyl (C=O) groups excluding carboxylic acids is 3. The van der Waals surface area contributed by atoms with Gasteiger partial charge in [-0.2, -0.15) is 5.10 Å². The highest BCUT2D eigenvalue weighted by atomic mass is 19.1. The summed E-state index contributed by atoms with van der Waals surface area (Å²) in [6.07, 6.45) is 9.56. The molecular weight excluding hydrogens is 649 g/mol. The van der Waals surface area contributed by atoms with Gasteiger partial charge in [0.15, 0.2) is 0 Å². The second kappa shape index (κ2) is 15.6. The summed E-state index contributed by atoms with van der Waals surface area (Å²) in [6.45, 7) is 10.8. The molecule has 11 nitrogen and oxygen atoms in total. The Morgan fingerprint density at radius 1 is 0.941 bits per heavy atom. The van der Waals surface area contributed by atoms with Crippen LogP contribution in [-0.2, 0) is 16.1 Å². The molecule has 4 heterocycles. The Kier molecular flexibility index (Phi) is 11.0. The highest BCUT2D eigenvalue weighted by Gasteiger charge is 2.31. The maximum absolute atomic E-state index is 14.6. The molecule has 51 heavy (non-hydrogen) atoms. The van der Waals surface area contributed by atoms with Gasteiger partial charge in [-0.3, -0.25) is 14.3 Å². The summed E-state index contributed by atoms with van der Waals surface area (Å²) in [5.41, 5.74) is 3.14. The van der Waals surface area contributed by atoms with E-state index in [9.17, 15) is 18.8 Å². The van der Waals surface area contributed by atoms with Crippen LogP contribution in [0.4, 0.5) is 14.9 Å². The van der Waals surface area contributed by atoms with Crippen LogP contribution in [0.15, 0.2) is 60.9 Å². The maximum Gasteiger partial charge on any atom is 0.410 e. The molecule has 0 spiro atoms. The molecule has 0 atom stereocenters. The van der Waals surface area contributed by atoms with Gasteiger partial charge in [-0.25, -0.2) is 9.18 Å². The van der Waals surface area contributed by atoms with Crippen LogP contribution in [0.5, 0.6) is 0 Å². The average molecular weight is 700 g/mol. The number of hydrogen-bond donors (Lipinski definition) is 1. The van der Waals surface area contributed by atoms with Crippen LogP contribution in [0.2, 0.25) is 0 Å². The first kappa shape index (κ1) is 35.9. The van der Waals surface area contributed by atoms with Gasteiger partial charge in [0.1, 0.15) is 17.1 Å². The summed E-state index contributed by atoms with van der Waals surface area (Å²) in [4.78, 5) is 47.7. The molecule has 1 saturated carbocycles. The van der Waals surface area contributed by atoms with E-state index in [-0.39, 0.29) is 29.8 Å².